The number of carbonyl (C=O) groups excluding carboxylic acids is 3. The van der Waals surface area contributed by atoms with E-state index < -0.39 is 33.9 Å². The highest BCUT2D eigenvalue weighted by Gasteiger charge is 2.51. The number of alkyl halides is 3. The second-order valence-electron chi connectivity index (χ2n) is 9.11. The van der Waals surface area contributed by atoms with Crippen LogP contribution in [0, 0.1) is 10.1 Å². The number of urea groups is 1. The SMILES string of the molecule is O=C(CCN1C(=O)NC2(CCCCC2)C1=O)N1CCN(c2ccc(C(F)(F)F)cc2[N+](=O)[O-])CC1. The minimum Gasteiger partial charge on any atom is -0.362 e. The maximum Gasteiger partial charge on any atom is 0.416 e. The predicted octanol–water partition coefficient (Wildman–Crippen LogP) is 2.91. The minimum absolute atomic E-state index is 0.0319. The topological polar surface area (TPSA) is 116 Å². The van der Waals surface area contributed by atoms with Crippen LogP contribution >= 0.6 is 0 Å². The maximum absolute atomic E-state index is 13.0. The number of nitro groups is 1. The molecule has 2 aliphatic heterocycles. The van der Waals surface area contributed by atoms with E-state index in [1.54, 1.807) is 4.90 Å². The Morgan fingerprint density at radius 2 is 1.74 bits per heavy atom. The molecule has 3 fully saturated rings. The third kappa shape index (κ3) is 4.89. The number of halogens is 3. The van der Waals surface area contributed by atoms with Gasteiger partial charge in [-0.1, -0.05) is 19.3 Å². The van der Waals surface area contributed by atoms with Gasteiger partial charge in [0.25, 0.3) is 11.6 Å². The van der Waals surface area contributed by atoms with Crippen LogP contribution in [-0.4, -0.2) is 70.8 Å². The van der Waals surface area contributed by atoms with Gasteiger partial charge in [-0.25, -0.2) is 4.79 Å². The molecule has 190 valence electrons. The molecule has 10 nitrogen and oxygen atoms in total. The molecule has 1 N–H and O–H groups in total. The van der Waals surface area contributed by atoms with Crippen molar-refractivity contribution in [1.29, 1.82) is 0 Å². The summed E-state index contributed by atoms with van der Waals surface area (Å²) in [5.74, 6) is -0.550. The van der Waals surface area contributed by atoms with E-state index in [9.17, 15) is 37.7 Å². The van der Waals surface area contributed by atoms with Crippen LogP contribution in [0.1, 0.15) is 44.1 Å². The van der Waals surface area contributed by atoms with Crippen molar-refractivity contribution >= 4 is 29.2 Å². The van der Waals surface area contributed by atoms with E-state index in [1.165, 1.54) is 4.90 Å². The summed E-state index contributed by atoms with van der Waals surface area (Å²) in [6.45, 7) is 0.784. The Bertz CT molecular complexity index is 1030. The molecule has 2 heterocycles. The van der Waals surface area contributed by atoms with Crippen LogP contribution in [0.3, 0.4) is 0 Å². The summed E-state index contributed by atoms with van der Waals surface area (Å²) in [5, 5.41) is 14.2. The zero-order valence-corrected chi connectivity index (χ0v) is 19.0. The lowest BCUT2D eigenvalue weighted by Crippen LogP contribution is -2.50. The van der Waals surface area contributed by atoms with Crippen LogP contribution in [0.25, 0.3) is 0 Å². The molecule has 1 aromatic rings. The second kappa shape index (κ2) is 9.34. The number of amides is 4. The molecule has 13 heteroatoms. The maximum atomic E-state index is 13.0. The smallest absolute Gasteiger partial charge is 0.362 e. The molecular weight excluding hydrogens is 471 g/mol. The van der Waals surface area contributed by atoms with Crippen LogP contribution in [0.5, 0.6) is 0 Å². The van der Waals surface area contributed by atoms with Gasteiger partial charge in [-0.15, -0.1) is 0 Å². The van der Waals surface area contributed by atoms with Gasteiger partial charge in [-0.2, -0.15) is 13.2 Å². The summed E-state index contributed by atoms with van der Waals surface area (Å²) >= 11 is 0. The third-order valence-corrected chi connectivity index (χ3v) is 6.97. The Kier molecular flexibility index (Phi) is 6.60. The van der Waals surface area contributed by atoms with E-state index in [0.717, 1.165) is 36.3 Å². The molecule has 0 radical (unpaired) electrons. The normalized spacial score (nSPS) is 20.4. The first-order valence-electron chi connectivity index (χ1n) is 11.5. The van der Waals surface area contributed by atoms with Gasteiger partial charge in [0.2, 0.25) is 5.91 Å². The summed E-state index contributed by atoms with van der Waals surface area (Å²) in [7, 11) is 0. The van der Waals surface area contributed by atoms with Crippen molar-refractivity contribution in [3.8, 4) is 0 Å². The van der Waals surface area contributed by atoms with E-state index in [0.29, 0.717) is 18.9 Å². The van der Waals surface area contributed by atoms with Crippen LogP contribution in [0.2, 0.25) is 0 Å². The number of nitro benzene ring substituents is 1. The number of nitrogens with zero attached hydrogens (tertiary/aromatic N) is 4. The molecule has 1 saturated carbocycles. The highest BCUT2D eigenvalue weighted by atomic mass is 19.4. The number of nitrogens with one attached hydrogen (secondary N) is 1. The number of hydrogen-bond acceptors (Lipinski definition) is 6. The van der Waals surface area contributed by atoms with Gasteiger partial charge in [0.05, 0.1) is 10.5 Å². The van der Waals surface area contributed by atoms with Crippen LogP contribution in [0.4, 0.5) is 29.3 Å². The van der Waals surface area contributed by atoms with E-state index >= 15 is 0 Å². The van der Waals surface area contributed by atoms with Crippen molar-refractivity contribution in [3.63, 3.8) is 0 Å². The van der Waals surface area contributed by atoms with Crippen molar-refractivity contribution in [2.24, 2.45) is 0 Å². The zero-order chi connectivity index (χ0) is 25.4. The Labute approximate surface area is 199 Å². The first-order valence-corrected chi connectivity index (χ1v) is 11.5. The number of rotatable bonds is 5. The van der Waals surface area contributed by atoms with Gasteiger partial charge in [0.15, 0.2) is 0 Å². The van der Waals surface area contributed by atoms with E-state index in [2.05, 4.69) is 5.32 Å². The molecule has 3 aliphatic rings. The van der Waals surface area contributed by atoms with E-state index in [4.69, 9.17) is 0 Å². The summed E-state index contributed by atoms with van der Waals surface area (Å²) < 4.78 is 38.9. The van der Waals surface area contributed by atoms with Crippen LogP contribution < -0.4 is 10.2 Å². The number of benzene rings is 1. The minimum atomic E-state index is -4.70. The van der Waals surface area contributed by atoms with Crippen molar-refractivity contribution in [2.75, 3.05) is 37.6 Å². The zero-order valence-electron chi connectivity index (χ0n) is 19.0. The lowest BCUT2D eigenvalue weighted by molar-refractivity contribution is -0.384. The number of hydrogen-bond donors (Lipinski definition) is 1. The largest absolute Gasteiger partial charge is 0.416 e. The average Bonchev–Trinajstić information content (AvgIpc) is 3.05. The molecule has 2 saturated heterocycles. The van der Waals surface area contributed by atoms with Gasteiger partial charge in [-0.3, -0.25) is 24.6 Å². The quantitative estimate of drug-likeness (QED) is 0.380. The Morgan fingerprint density at radius 3 is 2.34 bits per heavy atom. The average molecular weight is 497 g/mol. The van der Waals surface area contributed by atoms with E-state index in [-0.39, 0.29) is 56.6 Å². The summed E-state index contributed by atoms with van der Waals surface area (Å²) in [4.78, 5) is 52.6. The molecule has 1 aromatic carbocycles. The van der Waals surface area contributed by atoms with Crippen LogP contribution in [0.15, 0.2) is 18.2 Å². The van der Waals surface area contributed by atoms with Crippen molar-refractivity contribution in [3.05, 3.63) is 33.9 Å². The first kappa shape index (κ1) is 24.7. The molecule has 0 bridgehead atoms. The lowest BCUT2D eigenvalue weighted by Gasteiger charge is -2.36. The van der Waals surface area contributed by atoms with Gasteiger partial charge in [0.1, 0.15) is 11.2 Å². The highest BCUT2D eigenvalue weighted by molar-refractivity contribution is 6.07. The van der Waals surface area contributed by atoms with Gasteiger partial charge < -0.3 is 15.1 Å². The molecule has 35 heavy (non-hydrogen) atoms. The molecule has 4 amide bonds. The van der Waals surface area contributed by atoms with Gasteiger partial charge in [0, 0.05) is 45.2 Å². The number of carbonyl (C=O) groups is 3. The summed E-state index contributed by atoms with van der Waals surface area (Å²) in [5.41, 5.74) is -2.53. The fraction of sp³-hybridized carbons (Fsp3) is 0.591. The molecule has 4 rings (SSSR count). The number of imide groups is 1. The number of anilines is 1. The monoisotopic (exact) mass is 497 g/mol. The predicted molar refractivity (Wildman–Crippen MR) is 118 cm³/mol. The lowest BCUT2D eigenvalue weighted by atomic mass is 9.82. The Morgan fingerprint density at radius 1 is 1.09 bits per heavy atom. The molecule has 1 aliphatic carbocycles. The van der Waals surface area contributed by atoms with Crippen molar-refractivity contribution in [1.82, 2.24) is 15.1 Å². The molecule has 1 spiro atoms. The third-order valence-electron chi connectivity index (χ3n) is 6.97. The van der Waals surface area contributed by atoms with E-state index in [1.807, 2.05) is 0 Å². The molecule has 0 unspecified atom stereocenters. The van der Waals surface area contributed by atoms with Crippen molar-refractivity contribution in [2.45, 2.75) is 50.2 Å². The van der Waals surface area contributed by atoms with Crippen molar-refractivity contribution < 1.29 is 32.5 Å². The molecular formula is C22H26F3N5O5. The summed E-state index contributed by atoms with van der Waals surface area (Å²) in [6.07, 6.45) is -0.806. The highest BCUT2D eigenvalue weighted by Crippen LogP contribution is 2.37. The number of piperazine rings is 1. The summed E-state index contributed by atoms with van der Waals surface area (Å²) in [6, 6.07) is 1.92. The fourth-order valence-corrected chi connectivity index (χ4v) is 5.05. The van der Waals surface area contributed by atoms with Gasteiger partial charge in [-0.05, 0) is 25.0 Å². The standard InChI is InChI=1S/C22H26F3N5O5/c23-22(24,25)15-4-5-16(17(14-15)30(34)35)27-10-12-28(13-11-27)18(31)6-9-29-19(32)21(26-20(29)33)7-2-1-3-8-21/h4-5,14H,1-3,6-13H2,(H,26,33). The van der Waals surface area contributed by atoms with Crippen LogP contribution in [-0.2, 0) is 15.8 Å². The Balaban J connectivity index is 1.34. The van der Waals surface area contributed by atoms with Gasteiger partial charge >= 0.3 is 12.2 Å². The first-order chi connectivity index (χ1) is 16.5. The second-order valence-corrected chi connectivity index (χ2v) is 9.11. The molecule has 0 aromatic heterocycles. The molecule has 0 atom stereocenters. The fourth-order valence-electron chi connectivity index (χ4n) is 5.05. The Hall–Kier alpha value is -3.38.